The zero-order valence-corrected chi connectivity index (χ0v) is 10.6. The van der Waals surface area contributed by atoms with Gasteiger partial charge in [-0.2, -0.15) is 0 Å². The van der Waals surface area contributed by atoms with E-state index < -0.39 is 0 Å². The molecule has 1 unspecified atom stereocenters. The van der Waals surface area contributed by atoms with E-state index in [2.05, 4.69) is 5.43 Å². The number of hydrogen-bond donors (Lipinski definition) is 2. The number of rotatable bonds is 5. The molecule has 0 bridgehead atoms. The average molecular weight is 246 g/mol. The molecular weight excluding hydrogens is 228 g/mol. The normalized spacial score (nSPS) is 12.4. The van der Waals surface area contributed by atoms with Crippen LogP contribution in [0.3, 0.4) is 0 Å². The van der Waals surface area contributed by atoms with E-state index in [0.717, 1.165) is 22.6 Å². The van der Waals surface area contributed by atoms with E-state index in [1.54, 1.807) is 13.4 Å². The number of hydrazine groups is 1. The minimum Gasteiger partial charge on any atom is -0.496 e. The number of benzene rings is 1. The minimum atomic E-state index is 0.00523. The first kappa shape index (κ1) is 12.7. The molecule has 0 amide bonds. The maximum atomic E-state index is 5.62. The summed E-state index contributed by atoms with van der Waals surface area (Å²) in [6.45, 7) is 2.01. The van der Waals surface area contributed by atoms with Gasteiger partial charge in [0.25, 0.3) is 0 Å². The van der Waals surface area contributed by atoms with Crippen LogP contribution in [-0.4, -0.2) is 7.11 Å². The molecule has 0 fully saturated rings. The van der Waals surface area contributed by atoms with Crippen molar-refractivity contribution in [2.75, 3.05) is 7.11 Å². The zero-order chi connectivity index (χ0) is 13.0. The highest BCUT2D eigenvalue weighted by atomic mass is 16.5. The van der Waals surface area contributed by atoms with E-state index in [1.165, 1.54) is 0 Å². The molecule has 1 atom stereocenters. The maximum absolute atomic E-state index is 5.62. The highest BCUT2D eigenvalue weighted by molar-refractivity contribution is 5.38. The van der Waals surface area contributed by atoms with E-state index in [-0.39, 0.29) is 6.04 Å². The summed E-state index contributed by atoms with van der Waals surface area (Å²) in [5.41, 5.74) is 5.00. The Balaban J connectivity index is 2.21. The van der Waals surface area contributed by atoms with Gasteiger partial charge in [-0.15, -0.1) is 0 Å². The first-order valence-electron chi connectivity index (χ1n) is 5.87. The largest absolute Gasteiger partial charge is 0.496 e. The Labute approximate surface area is 107 Å². The van der Waals surface area contributed by atoms with Crippen LogP contribution >= 0.6 is 0 Å². The number of furan rings is 1. The van der Waals surface area contributed by atoms with Gasteiger partial charge >= 0.3 is 0 Å². The lowest BCUT2D eigenvalue weighted by molar-refractivity contribution is 0.408. The van der Waals surface area contributed by atoms with Gasteiger partial charge in [0.1, 0.15) is 11.5 Å². The van der Waals surface area contributed by atoms with Gasteiger partial charge in [-0.25, -0.2) is 0 Å². The van der Waals surface area contributed by atoms with Crippen molar-refractivity contribution in [3.8, 4) is 5.75 Å². The lowest BCUT2D eigenvalue weighted by atomic mass is 10.0. The Morgan fingerprint density at radius 2 is 2.22 bits per heavy atom. The summed E-state index contributed by atoms with van der Waals surface area (Å²) < 4.78 is 10.7. The third kappa shape index (κ3) is 2.72. The number of ether oxygens (including phenoxy) is 1. The number of nitrogens with two attached hydrogens (primary N) is 1. The van der Waals surface area contributed by atoms with Crippen molar-refractivity contribution in [3.63, 3.8) is 0 Å². The van der Waals surface area contributed by atoms with Crippen molar-refractivity contribution >= 4 is 0 Å². The molecule has 2 rings (SSSR count). The molecule has 0 spiro atoms. The fourth-order valence-electron chi connectivity index (χ4n) is 1.96. The van der Waals surface area contributed by atoms with Gasteiger partial charge in [0.05, 0.1) is 19.4 Å². The van der Waals surface area contributed by atoms with Crippen LogP contribution in [0, 0.1) is 6.92 Å². The highest BCUT2D eigenvalue weighted by Crippen LogP contribution is 2.25. The van der Waals surface area contributed by atoms with E-state index >= 15 is 0 Å². The smallest absolute Gasteiger partial charge is 0.122 e. The van der Waals surface area contributed by atoms with Gasteiger partial charge in [0.15, 0.2) is 0 Å². The molecule has 2 aromatic rings. The summed E-state index contributed by atoms with van der Waals surface area (Å²) in [5.74, 6) is 7.39. The zero-order valence-electron chi connectivity index (χ0n) is 10.6. The molecule has 0 aliphatic rings. The lowest BCUT2D eigenvalue weighted by Gasteiger charge is -2.16. The predicted molar refractivity (Wildman–Crippen MR) is 70.2 cm³/mol. The summed E-state index contributed by atoms with van der Waals surface area (Å²) in [7, 11) is 1.67. The molecule has 0 radical (unpaired) electrons. The van der Waals surface area contributed by atoms with Crippen molar-refractivity contribution in [2.24, 2.45) is 5.84 Å². The maximum Gasteiger partial charge on any atom is 0.122 e. The second kappa shape index (κ2) is 5.71. The molecule has 4 heteroatoms. The average Bonchev–Trinajstić information content (AvgIpc) is 2.89. The first-order chi connectivity index (χ1) is 8.74. The Morgan fingerprint density at radius 3 is 2.83 bits per heavy atom. The van der Waals surface area contributed by atoms with Crippen LogP contribution in [0.4, 0.5) is 0 Å². The highest BCUT2D eigenvalue weighted by Gasteiger charge is 2.13. The number of aryl methyl sites for hydroxylation is 1. The molecule has 0 aliphatic heterocycles. The molecule has 0 aliphatic carbocycles. The van der Waals surface area contributed by atoms with Gasteiger partial charge in [-0.3, -0.25) is 11.3 Å². The van der Waals surface area contributed by atoms with Crippen molar-refractivity contribution < 1.29 is 9.15 Å². The third-order valence-corrected chi connectivity index (χ3v) is 3.02. The molecule has 1 heterocycles. The van der Waals surface area contributed by atoms with Gasteiger partial charge in [0, 0.05) is 6.42 Å². The van der Waals surface area contributed by atoms with Gasteiger partial charge in [-0.1, -0.05) is 12.1 Å². The van der Waals surface area contributed by atoms with Crippen molar-refractivity contribution in [2.45, 2.75) is 19.4 Å². The molecule has 1 aromatic heterocycles. The summed E-state index contributed by atoms with van der Waals surface area (Å²) in [6.07, 6.45) is 2.37. The first-order valence-corrected chi connectivity index (χ1v) is 5.87. The molecule has 0 saturated carbocycles. The van der Waals surface area contributed by atoms with Gasteiger partial charge < -0.3 is 9.15 Å². The Kier molecular flexibility index (Phi) is 4.02. The fraction of sp³-hybridized carbons (Fsp3) is 0.286. The van der Waals surface area contributed by atoms with Crippen LogP contribution in [-0.2, 0) is 6.42 Å². The Morgan fingerprint density at radius 1 is 1.39 bits per heavy atom. The second-order valence-electron chi connectivity index (χ2n) is 4.23. The third-order valence-electron chi connectivity index (χ3n) is 3.02. The summed E-state index contributed by atoms with van der Waals surface area (Å²) in [5, 5.41) is 0. The number of nitrogens with one attached hydrogen (secondary N) is 1. The van der Waals surface area contributed by atoms with Crippen molar-refractivity contribution in [1.82, 2.24) is 5.43 Å². The van der Waals surface area contributed by atoms with Crippen LogP contribution in [0.5, 0.6) is 5.75 Å². The summed E-state index contributed by atoms with van der Waals surface area (Å²) in [4.78, 5) is 0. The van der Waals surface area contributed by atoms with Gasteiger partial charge in [-0.05, 0) is 36.2 Å². The lowest BCUT2D eigenvalue weighted by Crippen LogP contribution is -2.29. The number of hydrogen-bond acceptors (Lipinski definition) is 4. The van der Waals surface area contributed by atoms with Crippen molar-refractivity contribution in [3.05, 3.63) is 53.5 Å². The standard InChI is InChI=1S/C14H18N2O2/c1-10-5-6-11(8-14(10)17-2)13(16-15)9-12-4-3-7-18-12/h3-8,13,16H,9,15H2,1-2H3. The molecule has 96 valence electrons. The monoisotopic (exact) mass is 246 g/mol. The molecule has 0 saturated heterocycles. The predicted octanol–water partition coefficient (Wildman–Crippen LogP) is 2.34. The SMILES string of the molecule is COc1cc(C(Cc2ccco2)NN)ccc1C. The van der Waals surface area contributed by atoms with E-state index in [4.69, 9.17) is 15.0 Å². The van der Waals surface area contributed by atoms with E-state index in [9.17, 15) is 0 Å². The fourth-order valence-corrected chi connectivity index (χ4v) is 1.96. The van der Waals surface area contributed by atoms with E-state index in [0.29, 0.717) is 6.42 Å². The summed E-state index contributed by atoms with van der Waals surface area (Å²) in [6, 6.07) is 9.90. The van der Waals surface area contributed by atoms with Crippen molar-refractivity contribution in [1.29, 1.82) is 0 Å². The molecule has 3 N–H and O–H groups in total. The topological polar surface area (TPSA) is 60.4 Å². The quantitative estimate of drug-likeness (QED) is 0.628. The second-order valence-corrected chi connectivity index (χ2v) is 4.23. The number of methoxy groups -OCH3 is 1. The molecular formula is C14H18N2O2. The van der Waals surface area contributed by atoms with E-state index in [1.807, 2.05) is 37.3 Å². The molecule has 18 heavy (non-hydrogen) atoms. The Hall–Kier alpha value is -1.78. The van der Waals surface area contributed by atoms with Crippen LogP contribution in [0.25, 0.3) is 0 Å². The molecule has 1 aromatic carbocycles. The van der Waals surface area contributed by atoms with Crippen LogP contribution in [0.2, 0.25) is 0 Å². The minimum absolute atomic E-state index is 0.00523. The van der Waals surface area contributed by atoms with Gasteiger partial charge in [0.2, 0.25) is 0 Å². The van der Waals surface area contributed by atoms with Crippen LogP contribution in [0.1, 0.15) is 22.9 Å². The van der Waals surface area contributed by atoms with Crippen LogP contribution < -0.4 is 16.0 Å². The summed E-state index contributed by atoms with van der Waals surface area (Å²) >= 11 is 0. The van der Waals surface area contributed by atoms with Crippen LogP contribution in [0.15, 0.2) is 41.0 Å². The Bertz CT molecular complexity index is 495. The molecule has 4 nitrogen and oxygen atoms in total.